The normalized spacial score (nSPS) is 11.1. The molecular weight excluding hydrogens is 552 g/mol. The fraction of sp³-hybridized carbons (Fsp3) is 0.595. The molecule has 0 saturated heterocycles. The van der Waals surface area contributed by atoms with E-state index in [1.807, 2.05) is 13.8 Å². The zero-order chi connectivity index (χ0) is 31.7. The van der Waals surface area contributed by atoms with Gasteiger partial charge in [0.05, 0.1) is 25.0 Å². The molecule has 1 N–H and O–H groups in total. The van der Waals surface area contributed by atoms with E-state index in [1.165, 1.54) is 83.5 Å². The molecule has 0 aliphatic heterocycles. The van der Waals surface area contributed by atoms with Crippen LogP contribution in [0.25, 0.3) is 0 Å². The molecule has 0 aromatic heterocycles. The second-order valence-electron chi connectivity index (χ2n) is 11.4. The molecule has 7 heteroatoms. The van der Waals surface area contributed by atoms with Crippen LogP contribution in [0.5, 0.6) is 17.2 Å². The van der Waals surface area contributed by atoms with Gasteiger partial charge in [-0.3, -0.25) is 4.79 Å². The van der Waals surface area contributed by atoms with Gasteiger partial charge in [0.2, 0.25) is 5.91 Å². The van der Waals surface area contributed by atoms with Gasteiger partial charge in [0.25, 0.3) is 0 Å². The molecule has 0 unspecified atom stereocenters. The van der Waals surface area contributed by atoms with Crippen LogP contribution < -0.4 is 19.6 Å². The molecule has 0 radical (unpaired) electrons. The van der Waals surface area contributed by atoms with Gasteiger partial charge in [-0.2, -0.15) is 5.10 Å². The number of hydrogen-bond donors (Lipinski definition) is 1. The van der Waals surface area contributed by atoms with Crippen LogP contribution in [0.1, 0.15) is 146 Å². The molecule has 0 atom stereocenters. The summed E-state index contributed by atoms with van der Waals surface area (Å²) in [6.07, 6.45) is 22.4. The topological polar surface area (TPSA) is 86.2 Å². The monoisotopic (exact) mass is 608 g/mol. The van der Waals surface area contributed by atoms with Crippen molar-refractivity contribution in [2.24, 2.45) is 5.10 Å². The van der Waals surface area contributed by atoms with Crippen LogP contribution in [-0.2, 0) is 4.79 Å². The standard InChI is InChI=1S/C37H56N2O5/c1-4-7-8-9-10-11-12-13-14-15-16-17-18-19-20-21-36(40)39-38-30-31-22-27-34(35(29-31)42-6-3)44-37(41)32-23-25-33(26-24-32)43-28-5-2/h22-27,29-30H,4-21,28H2,1-3H3,(H,39,40)/b38-30+. The molecule has 0 aliphatic rings. The molecule has 1 amide bonds. The number of hydrazone groups is 1. The number of ether oxygens (including phenoxy) is 3. The number of esters is 1. The van der Waals surface area contributed by atoms with Crippen molar-refractivity contribution >= 4 is 18.1 Å². The highest BCUT2D eigenvalue weighted by Gasteiger charge is 2.13. The lowest BCUT2D eigenvalue weighted by molar-refractivity contribution is -0.121. The van der Waals surface area contributed by atoms with Crippen molar-refractivity contribution in [3.63, 3.8) is 0 Å². The second-order valence-corrected chi connectivity index (χ2v) is 11.4. The fourth-order valence-corrected chi connectivity index (χ4v) is 4.92. The van der Waals surface area contributed by atoms with Crippen molar-refractivity contribution in [1.29, 1.82) is 0 Å². The molecular formula is C37H56N2O5. The van der Waals surface area contributed by atoms with Gasteiger partial charge in [-0.05, 0) is 67.8 Å². The third-order valence-corrected chi connectivity index (χ3v) is 7.44. The van der Waals surface area contributed by atoms with Crippen LogP contribution in [-0.4, -0.2) is 31.3 Å². The highest BCUT2D eigenvalue weighted by atomic mass is 16.6. The smallest absolute Gasteiger partial charge is 0.343 e. The van der Waals surface area contributed by atoms with Crippen molar-refractivity contribution in [1.82, 2.24) is 5.43 Å². The van der Waals surface area contributed by atoms with Crippen molar-refractivity contribution in [3.05, 3.63) is 53.6 Å². The highest BCUT2D eigenvalue weighted by Crippen LogP contribution is 2.29. The molecule has 0 bridgehead atoms. The number of amides is 1. The van der Waals surface area contributed by atoms with Gasteiger partial charge in [0, 0.05) is 6.42 Å². The number of nitrogens with one attached hydrogen (secondary N) is 1. The maximum absolute atomic E-state index is 12.7. The molecule has 44 heavy (non-hydrogen) atoms. The largest absolute Gasteiger partial charge is 0.494 e. The Bertz CT molecular complexity index is 1080. The Morgan fingerprint density at radius 3 is 1.84 bits per heavy atom. The summed E-state index contributed by atoms with van der Waals surface area (Å²) in [6, 6.07) is 12.0. The third kappa shape index (κ3) is 16.5. The molecule has 2 rings (SSSR count). The number of benzene rings is 2. The average Bonchev–Trinajstić information content (AvgIpc) is 3.03. The summed E-state index contributed by atoms with van der Waals surface area (Å²) in [7, 11) is 0. The minimum absolute atomic E-state index is 0.0855. The van der Waals surface area contributed by atoms with E-state index in [-0.39, 0.29) is 5.91 Å². The Labute approximate surface area is 266 Å². The van der Waals surface area contributed by atoms with Gasteiger partial charge < -0.3 is 14.2 Å². The summed E-state index contributed by atoms with van der Waals surface area (Å²) in [4.78, 5) is 24.9. The number of carbonyl (C=O) groups is 2. The van der Waals surface area contributed by atoms with E-state index in [0.29, 0.717) is 42.4 Å². The molecule has 0 fully saturated rings. The first-order chi connectivity index (χ1) is 21.6. The molecule has 0 aliphatic carbocycles. The summed E-state index contributed by atoms with van der Waals surface area (Å²) in [5.74, 6) is 0.886. The van der Waals surface area contributed by atoms with Crippen LogP contribution in [0.15, 0.2) is 47.6 Å². The zero-order valence-electron chi connectivity index (χ0n) is 27.5. The van der Waals surface area contributed by atoms with Crippen LogP contribution in [0.4, 0.5) is 0 Å². The molecule has 2 aromatic carbocycles. The first kappa shape index (κ1) is 36.8. The number of rotatable bonds is 25. The maximum Gasteiger partial charge on any atom is 0.343 e. The molecule has 0 spiro atoms. The summed E-state index contributed by atoms with van der Waals surface area (Å²) >= 11 is 0. The van der Waals surface area contributed by atoms with E-state index in [2.05, 4.69) is 17.5 Å². The van der Waals surface area contributed by atoms with Crippen molar-refractivity contribution < 1.29 is 23.8 Å². The summed E-state index contributed by atoms with van der Waals surface area (Å²) in [5.41, 5.74) is 3.75. The number of hydrogen-bond acceptors (Lipinski definition) is 6. The zero-order valence-corrected chi connectivity index (χ0v) is 27.5. The van der Waals surface area contributed by atoms with E-state index in [9.17, 15) is 9.59 Å². The number of unbranched alkanes of at least 4 members (excludes halogenated alkanes) is 14. The van der Waals surface area contributed by atoms with E-state index in [1.54, 1.807) is 48.7 Å². The lowest BCUT2D eigenvalue weighted by Gasteiger charge is -2.12. The Kier molecular flexibility index (Phi) is 20.1. The van der Waals surface area contributed by atoms with Crippen LogP contribution in [0, 0.1) is 0 Å². The Hall–Kier alpha value is -3.35. The van der Waals surface area contributed by atoms with Gasteiger partial charge in [-0.1, -0.05) is 104 Å². The van der Waals surface area contributed by atoms with Gasteiger partial charge in [0.15, 0.2) is 11.5 Å². The predicted molar refractivity (Wildman–Crippen MR) is 180 cm³/mol. The lowest BCUT2D eigenvalue weighted by Crippen LogP contribution is -2.16. The van der Waals surface area contributed by atoms with Crippen LogP contribution in [0.2, 0.25) is 0 Å². The highest BCUT2D eigenvalue weighted by molar-refractivity contribution is 5.91. The summed E-state index contributed by atoms with van der Waals surface area (Å²) in [5, 5.41) is 4.10. The lowest BCUT2D eigenvalue weighted by atomic mass is 10.0. The molecule has 2 aromatic rings. The number of nitrogens with zero attached hydrogens (tertiary/aromatic N) is 1. The quantitative estimate of drug-likeness (QED) is 0.0399. The predicted octanol–water partition coefficient (Wildman–Crippen LogP) is 9.80. The van der Waals surface area contributed by atoms with Gasteiger partial charge >= 0.3 is 5.97 Å². The van der Waals surface area contributed by atoms with E-state index >= 15 is 0 Å². The van der Waals surface area contributed by atoms with E-state index < -0.39 is 5.97 Å². The van der Waals surface area contributed by atoms with Crippen molar-refractivity contribution in [2.75, 3.05) is 13.2 Å². The average molecular weight is 609 g/mol. The van der Waals surface area contributed by atoms with Gasteiger partial charge in [-0.25, -0.2) is 10.2 Å². The second kappa shape index (κ2) is 24.0. The Balaban J connectivity index is 1.62. The molecule has 0 saturated carbocycles. The summed E-state index contributed by atoms with van der Waals surface area (Å²) in [6.45, 7) is 7.20. The minimum Gasteiger partial charge on any atom is -0.494 e. The summed E-state index contributed by atoms with van der Waals surface area (Å²) < 4.78 is 16.9. The van der Waals surface area contributed by atoms with Crippen molar-refractivity contribution in [3.8, 4) is 17.2 Å². The first-order valence-electron chi connectivity index (χ1n) is 17.1. The molecule has 0 heterocycles. The van der Waals surface area contributed by atoms with E-state index in [4.69, 9.17) is 14.2 Å². The number of carbonyl (C=O) groups excluding carboxylic acids is 2. The Morgan fingerprint density at radius 1 is 0.682 bits per heavy atom. The fourth-order valence-electron chi connectivity index (χ4n) is 4.92. The Morgan fingerprint density at radius 2 is 1.27 bits per heavy atom. The minimum atomic E-state index is -0.486. The van der Waals surface area contributed by atoms with Crippen LogP contribution >= 0.6 is 0 Å². The van der Waals surface area contributed by atoms with Gasteiger partial charge in [0.1, 0.15) is 5.75 Å². The van der Waals surface area contributed by atoms with E-state index in [0.717, 1.165) is 24.8 Å². The van der Waals surface area contributed by atoms with Crippen LogP contribution in [0.3, 0.4) is 0 Å². The SMILES string of the molecule is CCCCCCCCCCCCCCCCCC(=O)N/N=C/c1ccc(OC(=O)c2ccc(OCCC)cc2)c(OCC)c1. The molecule has 7 nitrogen and oxygen atoms in total. The van der Waals surface area contributed by atoms with Gasteiger partial charge in [-0.15, -0.1) is 0 Å². The first-order valence-corrected chi connectivity index (χ1v) is 17.1. The van der Waals surface area contributed by atoms with Crippen molar-refractivity contribution in [2.45, 2.75) is 130 Å². The third-order valence-electron chi connectivity index (χ3n) is 7.44. The maximum atomic E-state index is 12.7. The molecule has 244 valence electrons.